The molecule has 3 aromatic rings. The van der Waals surface area contributed by atoms with Gasteiger partial charge in [-0.15, -0.1) is 0 Å². The molecular formula is C23H19ClF6N4O4. The Morgan fingerprint density at radius 1 is 1.11 bits per heavy atom. The number of anilines is 1. The molecule has 15 heteroatoms. The molecule has 2 amide bonds. The first-order valence-electron chi connectivity index (χ1n) is 11.0. The van der Waals surface area contributed by atoms with E-state index in [2.05, 4.69) is 10.3 Å². The largest absolute Gasteiger partial charge is 0.483 e. The number of rotatable bonds is 4. The van der Waals surface area contributed by atoms with Crippen molar-refractivity contribution in [1.82, 2.24) is 14.5 Å². The van der Waals surface area contributed by atoms with E-state index in [1.807, 2.05) is 0 Å². The third-order valence-corrected chi connectivity index (χ3v) is 5.91. The van der Waals surface area contributed by atoms with Crippen LogP contribution in [0.3, 0.4) is 0 Å². The lowest BCUT2D eigenvalue weighted by molar-refractivity contribution is -0.153. The number of carbonyl (C=O) groups excluding carboxylic acids is 2. The van der Waals surface area contributed by atoms with E-state index in [1.54, 1.807) is 0 Å². The molecule has 0 spiro atoms. The summed E-state index contributed by atoms with van der Waals surface area (Å²) in [6.45, 7) is 0.203. The smallest absolute Gasteiger partial charge is 0.450 e. The first kappa shape index (κ1) is 27.5. The number of morpholine rings is 1. The predicted octanol–water partition coefficient (Wildman–Crippen LogP) is 5.51. The number of imidazole rings is 1. The van der Waals surface area contributed by atoms with E-state index >= 15 is 0 Å². The van der Waals surface area contributed by atoms with Crippen molar-refractivity contribution in [2.45, 2.75) is 19.3 Å². The Hall–Kier alpha value is -3.52. The van der Waals surface area contributed by atoms with E-state index < -0.39 is 48.0 Å². The van der Waals surface area contributed by atoms with Crippen LogP contribution in [0.1, 0.15) is 21.7 Å². The van der Waals surface area contributed by atoms with Crippen LogP contribution in [0.15, 0.2) is 30.3 Å². The summed E-state index contributed by atoms with van der Waals surface area (Å²) in [7, 11) is 0. The van der Waals surface area contributed by atoms with Gasteiger partial charge in [0.25, 0.3) is 5.91 Å². The highest BCUT2D eigenvalue weighted by Crippen LogP contribution is 2.36. The lowest BCUT2D eigenvalue weighted by Crippen LogP contribution is -2.43. The Balaban J connectivity index is 1.79. The Morgan fingerprint density at radius 2 is 1.79 bits per heavy atom. The average molecular weight is 565 g/mol. The van der Waals surface area contributed by atoms with E-state index in [0.717, 1.165) is 6.07 Å². The van der Waals surface area contributed by atoms with Gasteiger partial charge in [0.2, 0.25) is 5.82 Å². The number of aryl methyl sites for hydroxylation is 1. The quantitative estimate of drug-likeness (QED) is 0.422. The number of nitrogens with one attached hydrogen (secondary N) is 1. The van der Waals surface area contributed by atoms with Gasteiger partial charge in [-0.3, -0.25) is 4.79 Å². The molecule has 38 heavy (non-hydrogen) atoms. The number of aromatic nitrogens is 2. The van der Waals surface area contributed by atoms with Gasteiger partial charge < -0.3 is 19.7 Å². The lowest BCUT2D eigenvalue weighted by Gasteiger charge is -2.27. The zero-order valence-corrected chi connectivity index (χ0v) is 20.3. The molecule has 1 N–H and O–H groups in total. The topological polar surface area (TPSA) is 85.7 Å². The van der Waals surface area contributed by atoms with Crippen LogP contribution >= 0.6 is 11.6 Å². The van der Waals surface area contributed by atoms with Gasteiger partial charge in [0.05, 0.1) is 29.4 Å². The normalized spacial score (nSPS) is 14.6. The Labute approximate surface area is 216 Å². The summed E-state index contributed by atoms with van der Waals surface area (Å²) in [5.41, 5.74) is -0.963. The van der Waals surface area contributed by atoms with Gasteiger partial charge in [0.1, 0.15) is 16.8 Å². The fraction of sp³-hybridized carbons (Fsp3) is 0.348. The zero-order valence-electron chi connectivity index (χ0n) is 19.5. The van der Waals surface area contributed by atoms with Crippen LogP contribution in [0.2, 0.25) is 5.02 Å². The molecule has 0 aliphatic carbocycles. The summed E-state index contributed by atoms with van der Waals surface area (Å²) in [6.07, 6.45) is -9.73. The maximum absolute atomic E-state index is 14.0. The van der Waals surface area contributed by atoms with Crippen LogP contribution in [0.4, 0.5) is 36.8 Å². The maximum atomic E-state index is 14.0. The number of halogens is 7. The van der Waals surface area contributed by atoms with E-state index in [-0.39, 0.29) is 53.6 Å². The fourth-order valence-corrected chi connectivity index (χ4v) is 4.11. The SMILES string of the molecule is Cc1ccc2c(nc(C(F)(F)F)n2C(=O)N2CCOCC2)c1NC(=O)c1c(Cl)cccc1OCC(F)(F)F. The molecule has 204 valence electrons. The third kappa shape index (κ3) is 5.65. The van der Waals surface area contributed by atoms with E-state index in [4.69, 9.17) is 21.1 Å². The number of nitrogens with zero attached hydrogens (tertiary/aromatic N) is 3. The minimum absolute atomic E-state index is 0.0679. The van der Waals surface area contributed by atoms with Gasteiger partial charge in [-0.05, 0) is 30.7 Å². The number of carbonyl (C=O) groups is 2. The highest BCUT2D eigenvalue weighted by Gasteiger charge is 2.41. The van der Waals surface area contributed by atoms with Crippen molar-refractivity contribution in [1.29, 1.82) is 0 Å². The van der Waals surface area contributed by atoms with Crippen molar-refractivity contribution in [2.24, 2.45) is 0 Å². The summed E-state index contributed by atoms with van der Waals surface area (Å²) in [5, 5.41) is 2.13. The summed E-state index contributed by atoms with van der Waals surface area (Å²) in [5.74, 6) is -3.04. The Bertz CT molecular complexity index is 1380. The molecule has 8 nitrogen and oxygen atoms in total. The number of benzene rings is 2. The highest BCUT2D eigenvalue weighted by atomic mass is 35.5. The van der Waals surface area contributed by atoms with Crippen LogP contribution in [0.25, 0.3) is 11.0 Å². The first-order valence-corrected chi connectivity index (χ1v) is 11.4. The zero-order chi connectivity index (χ0) is 27.8. The van der Waals surface area contributed by atoms with Crippen LogP contribution in [0.5, 0.6) is 5.75 Å². The van der Waals surface area contributed by atoms with Crippen LogP contribution in [-0.2, 0) is 10.9 Å². The average Bonchev–Trinajstić information content (AvgIpc) is 3.24. The van der Waals surface area contributed by atoms with Gasteiger partial charge in [0.15, 0.2) is 6.61 Å². The van der Waals surface area contributed by atoms with Gasteiger partial charge in [0, 0.05) is 13.1 Å². The van der Waals surface area contributed by atoms with Crippen molar-refractivity contribution in [2.75, 3.05) is 38.2 Å². The molecule has 0 atom stereocenters. The number of fused-ring (bicyclic) bond motifs is 1. The van der Waals surface area contributed by atoms with Gasteiger partial charge in [-0.1, -0.05) is 23.7 Å². The minimum atomic E-state index is -5.03. The number of alkyl halides is 6. The lowest BCUT2D eigenvalue weighted by atomic mass is 10.1. The monoisotopic (exact) mass is 564 g/mol. The maximum Gasteiger partial charge on any atom is 0.450 e. The molecule has 2 aromatic carbocycles. The van der Waals surface area contributed by atoms with E-state index in [0.29, 0.717) is 4.57 Å². The van der Waals surface area contributed by atoms with Gasteiger partial charge >= 0.3 is 18.4 Å². The molecule has 0 saturated carbocycles. The van der Waals surface area contributed by atoms with Crippen LogP contribution < -0.4 is 10.1 Å². The molecule has 0 unspecified atom stereocenters. The summed E-state index contributed by atoms with van der Waals surface area (Å²) >= 11 is 6.06. The second kappa shape index (κ2) is 10.3. The second-order valence-corrected chi connectivity index (χ2v) is 8.65. The molecule has 1 saturated heterocycles. The van der Waals surface area contributed by atoms with Crippen molar-refractivity contribution in [3.05, 3.63) is 52.3 Å². The number of hydrogen-bond acceptors (Lipinski definition) is 5. The Morgan fingerprint density at radius 3 is 2.42 bits per heavy atom. The van der Waals surface area contributed by atoms with Crippen LogP contribution in [-0.4, -0.2) is 65.5 Å². The molecule has 1 aromatic heterocycles. The highest BCUT2D eigenvalue weighted by molar-refractivity contribution is 6.35. The van der Waals surface area contributed by atoms with Gasteiger partial charge in [-0.2, -0.15) is 26.3 Å². The number of ether oxygens (including phenoxy) is 2. The minimum Gasteiger partial charge on any atom is -0.483 e. The molecule has 4 rings (SSSR count). The number of amides is 2. The summed E-state index contributed by atoms with van der Waals surface area (Å²) in [4.78, 5) is 31.1. The molecule has 1 fully saturated rings. The van der Waals surface area contributed by atoms with Crippen molar-refractivity contribution in [3.8, 4) is 5.75 Å². The van der Waals surface area contributed by atoms with Crippen molar-refractivity contribution >= 4 is 40.3 Å². The first-order chi connectivity index (χ1) is 17.8. The molecule has 2 heterocycles. The molecule has 0 radical (unpaired) electrons. The summed E-state index contributed by atoms with van der Waals surface area (Å²) in [6, 6.07) is 5.26. The fourth-order valence-electron chi connectivity index (χ4n) is 3.86. The molecule has 1 aliphatic rings. The second-order valence-electron chi connectivity index (χ2n) is 8.25. The molecule has 0 bridgehead atoms. The molecule has 1 aliphatic heterocycles. The van der Waals surface area contributed by atoms with Crippen molar-refractivity contribution in [3.63, 3.8) is 0 Å². The van der Waals surface area contributed by atoms with Crippen LogP contribution in [0, 0.1) is 6.92 Å². The van der Waals surface area contributed by atoms with Gasteiger partial charge in [-0.25, -0.2) is 14.3 Å². The standard InChI is InChI=1S/C23H19ClF6N4O4/c1-12-5-6-14-18(32-20(23(28,29)30)34(14)21(36)33-7-9-37-10-8-33)17(12)31-19(35)16-13(24)3-2-4-15(16)38-11-22(25,26)27/h2-6H,7-11H2,1H3,(H,31,35). The van der Waals surface area contributed by atoms with Crippen molar-refractivity contribution < 1.29 is 45.4 Å². The Kier molecular flexibility index (Phi) is 7.48. The van der Waals surface area contributed by atoms with E-state index in [9.17, 15) is 35.9 Å². The third-order valence-electron chi connectivity index (χ3n) is 5.59. The number of hydrogen-bond donors (Lipinski definition) is 1. The predicted molar refractivity (Wildman–Crippen MR) is 124 cm³/mol. The van der Waals surface area contributed by atoms with E-state index in [1.165, 1.54) is 36.1 Å². The summed E-state index contributed by atoms with van der Waals surface area (Å²) < 4.78 is 90.3. The molecular weight excluding hydrogens is 546 g/mol.